The molecule has 186 valence electrons. The molecule has 5 rings (SSSR count). The van der Waals surface area contributed by atoms with Crippen molar-refractivity contribution in [3.05, 3.63) is 98.1 Å². The Bertz CT molecular complexity index is 1340. The van der Waals surface area contributed by atoms with Gasteiger partial charge < -0.3 is 14.7 Å². The molecule has 1 saturated heterocycles. The van der Waals surface area contributed by atoms with Crippen LogP contribution < -0.4 is 9.80 Å². The van der Waals surface area contributed by atoms with Crippen LogP contribution in [0, 0.1) is 21.7 Å². The van der Waals surface area contributed by atoms with Crippen LogP contribution in [0.1, 0.15) is 21.5 Å². The minimum absolute atomic E-state index is 0.0555. The molecule has 0 unspecified atom stereocenters. The number of nitro groups is 1. The van der Waals surface area contributed by atoms with E-state index in [1.54, 1.807) is 11.0 Å². The fourth-order valence-corrected chi connectivity index (χ4v) is 5.07. The van der Waals surface area contributed by atoms with Crippen molar-refractivity contribution < 1.29 is 18.5 Å². The fourth-order valence-electron chi connectivity index (χ4n) is 4.84. The van der Waals surface area contributed by atoms with E-state index in [1.165, 1.54) is 11.6 Å². The number of anilines is 2. The van der Waals surface area contributed by atoms with Gasteiger partial charge in [-0.25, -0.2) is 8.78 Å². The number of rotatable bonds is 4. The van der Waals surface area contributed by atoms with Gasteiger partial charge in [0.25, 0.3) is 11.6 Å². The van der Waals surface area contributed by atoms with Gasteiger partial charge in [-0.1, -0.05) is 35.9 Å². The number of hydrogen-bond acceptors (Lipinski definition) is 5. The quantitative estimate of drug-likeness (QED) is 0.278. The van der Waals surface area contributed by atoms with Crippen LogP contribution in [-0.2, 0) is 13.0 Å². The minimum atomic E-state index is -1.12. The maximum Gasteiger partial charge on any atom is 0.292 e. The van der Waals surface area contributed by atoms with E-state index in [-0.39, 0.29) is 21.2 Å². The van der Waals surface area contributed by atoms with Crippen LogP contribution in [0.3, 0.4) is 0 Å². The van der Waals surface area contributed by atoms with Crippen molar-refractivity contribution in [2.24, 2.45) is 0 Å². The number of benzene rings is 3. The second kappa shape index (κ2) is 9.73. The summed E-state index contributed by atoms with van der Waals surface area (Å²) in [5, 5.41) is 11.6. The normalized spacial score (nSPS) is 15.6. The molecule has 0 atom stereocenters. The first kappa shape index (κ1) is 24.0. The van der Waals surface area contributed by atoms with Crippen molar-refractivity contribution in [3.8, 4) is 0 Å². The first-order valence-corrected chi connectivity index (χ1v) is 12.0. The van der Waals surface area contributed by atoms with Gasteiger partial charge in [0, 0.05) is 51.0 Å². The molecule has 0 aliphatic carbocycles. The Morgan fingerprint density at radius 1 is 0.889 bits per heavy atom. The van der Waals surface area contributed by atoms with Gasteiger partial charge in [0.2, 0.25) is 0 Å². The number of piperazine rings is 1. The van der Waals surface area contributed by atoms with Gasteiger partial charge in [-0.3, -0.25) is 14.9 Å². The average Bonchev–Trinajstić information content (AvgIpc) is 2.89. The smallest absolute Gasteiger partial charge is 0.292 e. The summed E-state index contributed by atoms with van der Waals surface area (Å²) < 4.78 is 27.1. The molecular weight excluding hydrogens is 490 g/mol. The summed E-state index contributed by atoms with van der Waals surface area (Å²) in [6.07, 6.45) is 0.810. The molecule has 3 aromatic rings. The van der Waals surface area contributed by atoms with Crippen LogP contribution in [0.25, 0.3) is 0 Å². The maximum absolute atomic E-state index is 13.7. The first-order chi connectivity index (χ1) is 17.3. The predicted molar refractivity (Wildman–Crippen MR) is 134 cm³/mol. The van der Waals surface area contributed by atoms with Crippen LogP contribution in [0.2, 0.25) is 5.02 Å². The highest BCUT2D eigenvalue weighted by molar-refractivity contribution is 6.33. The average molecular weight is 513 g/mol. The maximum atomic E-state index is 13.7. The van der Waals surface area contributed by atoms with E-state index in [1.807, 2.05) is 29.2 Å². The molecule has 10 heteroatoms. The summed E-state index contributed by atoms with van der Waals surface area (Å²) in [5.74, 6) is -2.69. The number of nitro benzene ring substituents is 1. The molecule has 2 aliphatic heterocycles. The molecule has 0 radical (unpaired) electrons. The molecule has 7 nitrogen and oxygen atoms in total. The summed E-state index contributed by atoms with van der Waals surface area (Å²) in [7, 11) is 0. The summed E-state index contributed by atoms with van der Waals surface area (Å²) in [4.78, 5) is 29.9. The molecule has 1 amide bonds. The molecule has 3 aromatic carbocycles. The Kier molecular flexibility index (Phi) is 6.49. The van der Waals surface area contributed by atoms with Gasteiger partial charge in [0.1, 0.15) is 5.69 Å². The molecule has 2 heterocycles. The van der Waals surface area contributed by atoms with Gasteiger partial charge in [0.15, 0.2) is 11.6 Å². The fraction of sp³-hybridized carbons (Fsp3) is 0.269. The molecule has 1 fully saturated rings. The number of carbonyl (C=O) groups excluding carboxylic acids is 1. The summed E-state index contributed by atoms with van der Waals surface area (Å²) >= 11 is 5.98. The third-order valence-electron chi connectivity index (χ3n) is 6.80. The van der Waals surface area contributed by atoms with Gasteiger partial charge in [-0.15, -0.1) is 0 Å². The Hall–Kier alpha value is -3.72. The molecule has 0 aromatic heterocycles. The Balaban J connectivity index is 1.33. The van der Waals surface area contributed by atoms with Gasteiger partial charge in [-0.05, 0) is 41.8 Å². The molecule has 0 N–H and O–H groups in total. The SMILES string of the molecule is O=C(c1cc(F)c(F)cc1Cl)N1CCN(c2ccc([N+](=O)[O-])c(N3CCc4ccccc4C3)c2)CC1. The molecule has 2 aliphatic rings. The van der Waals surface area contributed by atoms with E-state index in [2.05, 4.69) is 11.0 Å². The lowest BCUT2D eigenvalue weighted by Crippen LogP contribution is -2.49. The van der Waals surface area contributed by atoms with E-state index in [9.17, 15) is 23.7 Å². The van der Waals surface area contributed by atoms with Gasteiger partial charge >= 0.3 is 0 Å². The highest BCUT2D eigenvalue weighted by atomic mass is 35.5. The van der Waals surface area contributed by atoms with Crippen LogP contribution in [0.5, 0.6) is 0 Å². The zero-order valence-corrected chi connectivity index (χ0v) is 20.0. The lowest BCUT2D eigenvalue weighted by atomic mass is 9.99. The summed E-state index contributed by atoms with van der Waals surface area (Å²) in [6.45, 7) is 2.92. The van der Waals surface area contributed by atoms with Crippen LogP contribution >= 0.6 is 11.6 Å². The minimum Gasteiger partial charge on any atom is -0.368 e. The highest BCUT2D eigenvalue weighted by Crippen LogP contribution is 2.36. The Morgan fingerprint density at radius 2 is 1.58 bits per heavy atom. The van der Waals surface area contributed by atoms with Crippen LogP contribution in [0.4, 0.5) is 25.8 Å². The highest BCUT2D eigenvalue weighted by Gasteiger charge is 2.28. The molecule has 36 heavy (non-hydrogen) atoms. The van der Waals surface area contributed by atoms with Crippen molar-refractivity contribution in [1.29, 1.82) is 0 Å². The van der Waals surface area contributed by atoms with E-state index < -0.39 is 17.5 Å². The summed E-state index contributed by atoms with van der Waals surface area (Å²) in [5.41, 5.74) is 3.79. The molecule has 0 bridgehead atoms. The second-order valence-corrected chi connectivity index (χ2v) is 9.30. The Labute approximate surface area is 211 Å². The van der Waals surface area contributed by atoms with E-state index in [0.29, 0.717) is 45.0 Å². The topological polar surface area (TPSA) is 69.9 Å². The zero-order chi connectivity index (χ0) is 25.4. The Morgan fingerprint density at radius 3 is 2.31 bits per heavy atom. The predicted octanol–water partition coefficient (Wildman–Crippen LogP) is 5.05. The van der Waals surface area contributed by atoms with Crippen LogP contribution in [0.15, 0.2) is 54.6 Å². The van der Waals surface area contributed by atoms with E-state index in [0.717, 1.165) is 29.8 Å². The number of carbonyl (C=O) groups is 1. The monoisotopic (exact) mass is 512 g/mol. The third kappa shape index (κ3) is 4.58. The number of nitrogens with zero attached hydrogens (tertiary/aromatic N) is 4. The largest absolute Gasteiger partial charge is 0.368 e. The van der Waals surface area contributed by atoms with Gasteiger partial charge in [-0.2, -0.15) is 0 Å². The number of amides is 1. The second-order valence-electron chi connectivity index (χ2n) is 8.90. The van der Waals surface area contributed by atoms with Crippen LogP contribution in [-0.4, -0.2) is 48.5 Å². The van der Waals surface area contributed by atoms with Crippen molar-refractivity contribution in [2.45, 2.75) is 13.0 Å². The van der Waals surface area contributed by atoms with E-state index in [4.69, 9.17) is 11.6 Å². The molecule has 0 spiro atoms. The molecule has 0 saturated carbocycles. The number of fused-ring (bicyclic) bond motifs is 1. The third-order valence-corrected chi connectivity index (χ3v) is 7.11. The standard InChI is InChI=1S/C26H23ClF2N4O3/c27-21-15-23(29)22(28)14-20(21)26(34)31-11-9-30(10-12-31)19-5-6-24(33(35)36)25(13-19)32-8-7-17-3-1-2-4-18(17)16-32/h1-6,13-15H,7-12,16H2. The zero-order valence-electron chi connectivity index (χ0n) is 19.3. The van der Waals surface area contributed by atoms with Crippen molar-refractivity contribution in [3.63, 3.8) is 0 Å². The van der Waals surface area contributed by atoms with Crippen molar-refractivity contribution in [2.75, 3.05) is 42.5 Å². The van der Waals surface area contributed by atoms with Crippen molar-refractivity contribution >= 4 is 34.6 Å². The van der Waals surface area contributed by atoms with E-state index >= 15 is 0 Å². The number of halogens is 3. The van der Waals surface area contributed by atoms with Gasteiger partial charge in [0.05, 0.1) is 15.5 Å². The van der Waals surface area contributed by atoms with Crippen molar-refractivity contribution in [1.82, 2.24) is 4.90 Å². The first-order valence-electron chi connectivity index (χ1n) is 11.6. The summed E-state index contributed by atoms with van der Waals surface area (Å²) in [6, 6.07) is 14.8. The lowest BCUT2D eigenvalue weighted by Gasteiger charge is -2.37. The number of hydrogen-bond donors (Lipinski definition) is 0. The lowest BCUT2D eigenvalue weighted by molar-refractivity contribution is -0.384. The molecular formula is C26H23ClF2N4O3.